The molecule has 0 fully saturated rings. The predicted octanol–water partition coefficient (Wildman–Crippen LogP) is 4.11. The van der Waals surface area contributed by atoms with Gasteiger partial charge in [0.15, 0.2) is 5.82 Å². The number of hydrogen-bond acceptors (Lipinski definition) is 7. The highest BCUT2D eigenvalue weighted by atomic mass is 32.1. The van der Waals surface area contributed by atoms with Gasteiger partial charge in [0.1, 0.15) is 16.1 Å². The fraction of sp³-hybridized carbons (Fsp3) is 0.120. The van der Waals surface area contributed by atoms with Gasteiger partial charge in [0.05, 0.1) is 12.2 Å². The number of carbonyl (C=O) groups is 1. The van der Waals surface area contributed by atoms with Gasteiger partial charge in [0, 0.05) is 17.2 Å². The fourth-order valence-electron chi connectivity index (χ4n) is 3.44. The minimum atomic E-state index is -0.359. The van der Waals surface area contributed by atoms with Crippen molar-refractivity contribution in [2.45, 2.75) is 13.8 Å². The summed E-state index contributed by atoms with van der Waals surface area (Å²) < 4.78 is 12.7. The first kappa shape index (κ1) is 20.8. The van der Waals surface area contributed by atoms with Gasteiger partial charge < -0.3 is 9.15 Å². The highest BCUT2D eigenvalue weighted by molar-refractivity contribution is 7.15. The summed E-state index contributed by atoms with van der Waals surface area (Å²) in [5.41, 5.74) is 3.04. The molecule has 0 aliphatic carbocycles. The lowest BCUT2D eigenvalue weighted by Gasteiger charge is -2.02. The van der Waals surface area contributed by atoms with Crippen molar-refractivity contribution in [1.82, 2.24) is 14.6 Å². The molecular formula is C25H19N3O4S. The Morgan fingerprint density at radius 1 is 1.12 bits per heavy atom. The van der Waals surface area contributed by atoms with E-state index in [1.807, 2.05) is 37.3 Å². The van der Waals surface area contributed by atoms with E-state index in [2.05, 4.69) is 10.1 Å². The summed E-state index contributed by atoms with van der Waals surface area (Å²) in [7, 11) is 0. The van der Waals surface area contributed by atoms with Crippen LogP contribution in [0.25, 0.3) is 33.7 Å². The smallest absolute Gasteiger partial charge is 0.338 e. The number of ether oxygens (including phenoxy) is 1. The van der Waals surface area contributed by atoms with Crippen molar-refractivity contribution in [2.24, 2.45) is 0 Å². The lowest BCUT2D eigenvalue weighted by molar-refractivity contribution is 0.0526. The zero-order chi connectivity index (χ0) is 22.9. The Kier molecular flexibility index (Phi) is 5.35. The molecule has 2 aromatic carbocycles. The summed E-state index contributed by atoms with van der Waals surface area (Å²) in [6, 6.07) is 18.4. The zero-order valence-electron chi connectivity index (χ0n) is 17.9. The van der Waals surface area contributed by atoms with Crippen molar-refractivity contribution in [1.29, 1.82) is 0 Å². The van der Waals surface area contributed by atoms with Crippen LogP contribution in [-0.4, -0.2) is 27.2 Å². The minimum absolute atomic E-state index is 0.238. The standard InChI is InChI=1S/C25H19N3O4S/c1-3-31-24(30)17-9-7-16(8-10-17)20-12-11-19(32-20)14-21-23(29)28-25(33-21)26-22(27-28)18-6-4-5-15(2)13-18/h4-14H,3H2,1-2H3. The lowest BCUT2D eigenvalue weighted by Crippen LogP contribution is -2.23. The van der Waals surface area contributed by atoms with Gasteiger partial charge in [0.2, 0.25) is 4.96 Å². The minimum Gasteiger partial charge on any atom is -0.462 e. The molecule has 0 spiro atoms. The molecule has 0 unspecified atom stereocenters. The zero-order valence-corrected chi connectivity index (χ0v) is 18.8. The molecule has 3 heterocycles. The van der Waals surface area contributed by atoms with Gasteiger partial charge in [-0.3, -0.25) is 4.79 Å². The number of nitrogens with zero attached hydrogens (tertiary/aromatic N) is 3. The molecule has 0 atom stereocenters. The van der Waals surface area contributed by atoms with E-state index < -0.39 is 0 Å². The van der Waals surface area contributed by atoms with Gasteiger partial charge in [0.25, 0.3) is 5.56 Å². The van der Waals surface area contributed by atoms with Crippen molar-refractivity contribution in [3.05, 3.63) is 92.4 Å². The Hall–Kier alpha value is -4.04. The third kappa shape index (κ3) is 4.08. The van der Waals surface area contributed by atoms with Crippen LogP contribution >= 0.6 is 11.3 Å². The summed E-state index contributed by atoms with van der Waals surface area (Å²) in [6.45, 7) is 4.10. The van der Waals surface area contributed by atoms with Crippen molar-refractivity contribution < 1.29 is 13.9 Å². The number of thiazole rings is 1. The fourth-order valence-corrected chi connectivity index (χ4v) is 4.33. The van der Waals surface area contributed by atoms with E-state index in [0.29, 0.717) is 39.0 Å². The molecule has 0 aliphatic heterocycles. The van der Waals surface area contributed by atoms with E-state index in [9.17, 15) is 9.59 Å². The van der Waals surface area contributed by atoms with Gasteiger partial charge in [-0.25, -0.2) is 4.79 Å². The van der Waals surface area contributed by atoms with Gasteiger partial charge in [-0.2, -0.15) is 9.50 Å². The van der Waals surface area contributed by atoms with Crippen LogP contribution in [0, 0.1) is 6.92 Å². The Bertz CT molecular complexity index is 1580. The number of aryl methyl sites for hydroxylation is 1. The highest BCUT2D eigenvalue weighted by Gasteiger charge is 2.13. The first-order valence-electron chi connectivity index (χ1n) is 10.4. The second-order valence-corrected chi connectivity index (χ2v) is 8.42. The van der Waals surface area contributed by atoms with Gasteiger partial charge in [-0.1, -0.05) is 47.2 Å². The van der Waals surface area contributed by atoms with E-state index in [4.69, 9.17) is 9.15 Å². The molecule has 0 N–H and O–H groups in total. The van der Waals surface area contributed by atoms with E-state index in [1.54, 1.807) is 43.3 Å². The van der Waals surface area contributed by atoms with Crippen LogP contribution in [0.4, 0.5) is 0 Å². The molecule has 0 saturated heterocycles. The quantitative estimate of drug-likeness (QED) is 0.369. The van der Waals surface area contributed by atoms with Gasteiger partial charge in [-0.15, -0.1) is 5.10 Å². The summed E-state index contributed by atoms with van der Waals surface area (Å²) in [5.74, 6) is 1.34. The number of benzene rings is 2. The number of aromatic nitrogens is 3. The Morgan fingerprint density at radius 3 is 2.67 bits per heavy atom. The van der Waals surface area contributed by atoms with E-state index in [0.717, 1.165) is 16.7 Å². The SMILES string of the molecule is CCOC(=O)c1ccc(-c2ccc(C=c3sc4nc(-c5cccc(C)c5)nn4c3=O)o2)cc1. The second kappa shape index (κ2) is 8.48. The van der Waals surface area contributed by atoms with Crippen LogP contribution in [0.3, 0.4) is 0 Å². The number of esters is 1. The maximum Gasteiger partial charge on any atom is 0.338 e. The number of hydrogen-bond donors (Lipinski definition) is 0. The van der Waals surface area contributed by atoms with Crippen LogP contribution in [-0.2, 0) is 4.74 Å². The lowest BCUT2D eigenvalue weighted by atomic mass is 10.1. The van der Waals surface area contributed by atoms with Crippen LogP contribution in [0.2, 0.25) is 0 Å². The van der Waals surface area contributed by atoms with Gasteiger partial charge in [-0.05, 0) is 44.2 Å². The predicted molar refractivity (Wildman–Crippen MR) is 126 cm³/mol. The van der Waals surface area contributed by atoms with Crippen molar-refractivity contribution in [2.75, 3.05) is 6.61 Å². The highest BCUT2D eigenvalue weighted by Crippen LogP contribution is 2.23. The molecule has 0 amide bonds. The first-order chi connectivity index (χ1) is 16.0. The number of carbonyl (C=O) groups excluding carboxylic acids is 1. The van der Waals surface area contributed by atoms with Crippen molar-refractivity contribution in [3.8, 4) is 22.7 Å². The van der Waals surface area contributed by atoms with E-state index in [1.165, 1.54) is 15.9 Å². The van der Waals surface area contributed by atoms with Crippen LogP contribution in [0.1, 0.15) is 28.6 Å². The molecule has 5 rings (SSSR count). The molecular weight excluding hydrogens is 438 g/mol. The molecule has 7 nitrogen and oxygen atoms in total. The number of rotatable bonds is 5. The summed E-state index contributed by atoms with van der Waals surface area (Å²) in [6.07, 6.45) is 1.69. The summed E-state index contributed by atoms with van der Waals surface area (Å²) in [4.78, 5) is 29.7. The third-order valence-electron chi connectivity index (χ3n) is 5.04. The monoisotopic (exact) mass is 457 g/mol. The Balaban J connectivity index is 1.43. The first-order valence-corrected chi connectivity index (χ1v) is 11.2. The van der Waals surface area contributed by atoms with Crippen LogP contribution in [0.5, 0.6) is 0 Å². The molecule has 0 aliphatic rings. The van der Waals surface area contributed by atoms with Crippen LogP contribution < -0.4 is 10.1 Å². The molecule has 8 heteroatoms. The second-order valence-electron chi connectivity index (χ2n) is 7.41. The Labute approximate surface area is 192 Å². The average Bonchev–Trinajstić information content (AvgIpc) is 3.52. The number of fused-ring (bicyclic) bond motifs is 1. The third-order valence-corrected chi connectivity index (χ3v) is 6.00. The maximum atomic E-state index is 12.8. The summed E-state index contributed by atoms with van der Waals surface area (Å²) >= 11 is 1.26. The van der Waals surface area contributed by atoms with E-state index >= 15 is 0 Å². The Morgan fingerprint density at radius 2 is 1.94 bits per heavy atom. The normalized spacial score (nSPS) is 11.9. The molecule has 0 bridgehead atoms. The molecule has 0 radical (unpaired) electrons. The molecule has 0 saturated carbocycles. The van der Waals surface area contributed by atoms with Crippen molar-refractivity contribution in [3.63, 3.8) is 0 Å². The molecule has 33 heavy (non-hydrogen) atoms. The molecule has 5 aromatic rings. The van der Waals surface area contributed by atoms with Crippen molar-refractivity contribution >= 4 is 28.3 Å². The maximum absolute atomic E-state index is 12.8. The summed E-state index contributed by atoms with van der Waals surface area (Å²) in [5, 5.41) is 4.39. The molecule has 3 aromatic heterocycles. The van der Waals surface area contributed by atoms with Gasteiger partial charge >= 0.3 is 5.97 Å². The van der Waals surface area contributed by atoms with Crippen LogP contribution in [0.15, 0.2) is 69.9 Å². The largest absolute Gasteiger partial charge is 0.462 e. The number of furan rings is 1. The average molecular weight is 458 g/mol. The van der Waals surface area contributed by atoms with E-state index in [-0.39, 0.29) is 11.5 Å². The topological polar surface area (TPSA) is 86.7 Å². The molecule has 164 valence electrons.